The van der Waals surface area contributed by atoms with Crippen molar-refractivity contribution in [2.24, 2.45) is 0 Å². The molecule has 0 radical (unpaired) electrons. The first-order chi connectivity index (χ1) is 14.1. The number of hydrogen-bond acceptors (Lipinski definition) is 7. The Morgan fingerprint density at radius 1 is 1.23 bits per heavy atom. The van der Waals surface area contributed by atoms with Crippen molar-refractivity contribution in [2.45, 2.75) is 26.4 Å². The molecule has 158 valence electrons. The van der Waals surface area contributed by atoms with Crippen molar-refractivity contribution in [2.75, 3.05) is 17.5 Å². The lowest BCUT2D eigenvalue weighted by molar-refractivity contribution is 0.0646. The molecular formula is C18H19FN6O3S2. The second kappa shape index (κ2) is 7.43. The predicted molar refractivity (Wildman–Crippen MR) is 110 cm³/mol. The van der Waals surface area contributed by atoms with Gasteiger partial charge in [-0.05, 0) is 49.6 Å². The van der Waals surface area contributed by atoms with Crippen LogP contribution in [-0.2, 0) is 16.6 Å². The maximum absolute atomic E-state index is 13.2. The van der Waals surface area contributed by atoms with Crippen molar-refractivity contribution in [3.05, 3.63) is 47.2 Å². The molecule has 0 saturated heterocycles. The third kappa shape index (κ3) is 3.79. The first kappa shape index (κ1) is 20.4. The van der Waals surface area contributed by atoms with Gasteiger partial charge in [-0.3, -0.25) is 9.52 Å². The van der Waals surface area contributed by atoms with Crippen LogP contribution < -0.4 is 4.72 Å². The number of nitrogens with one attached hydrogen (secondary N) is 1. The number of sulfonamides is 1. The summed E-state index contributed by atoms with van der Waals surface area (Å²) in [5, 5.41) is 0.570. The maximum Gasteiger partial charge on any atom is 0.254 e. The molecule has 2 aromatic heterocycles. The number of carbonyl (C=O) groups excluding carboxylic acids is 1. The van der Waals surface area contributed by atoms with E-state index in [0.717, 1.165) is 6.26 Å². The van der Waals surface area contributed by atoms with Crippen molar-refractivity contribution in [3.63, 3.8) is 0 Å². The van der Waals surface area contributed by atoms with Gasteiger partial charge in [0.25, 0.3) is 5.91 Å². The van der Waals surface area contributed by atoms with E-state index < -0.39 is 21.9 Å². The molecule has 1 aromatic carbocycles. The number of fused-ring (bicyclic) bond motifs is 1. The van der Waals surface area contributed by atoms with Crippen LogP contribution in [0.15, 0.2) is 24.3 Å². The standard InChI is InChI=1S/C18H19FN6O3S2/c1-10-14-15(23-30(3,27)28)21-16(17-20-11(2)22-29-17)25(14)9-8-24(10)18(26)12-4-6-13(19)7-5-12/h4-7,10,23H,8-9H2,1-3H3. The molecule has 1 amide bonds. The van der Waals surface area contributed by atoms with E-state index in [0.29, 0.717) is 41.0 Å². The fourth-order valence-electron chi connectivity index (χ4n) is 3.50. The summed E-state index contributed by atoms with van der Waals surface area (Å²) in [5.41, 5.74) is 0.916. The highest BCUT2D eigenvalue weighted by molar-refractivity contribution is 7.92. The predicted octanol–water partition coefficient (Wildman–Crippen LogP) is 2.44. The van der Waals surface area contributed by atoms with Gasteiger partial charge in [-0.1, -0.05) is 0 Å². The topological polar surface area (TPSA) is 110 Å². The summed E-state index contributed by atoms with van der Waals surface area (Å²) >= 11 is 1.18. The van der Waals surface area contributed by atoms with Crippen LogP contribution in [0.5, 0.6) is 0 Å². The number of rotatable bonds is 4. The molecular weight excluding hydrogens is 431 g/mol. The fraction of sp³-hybridized carbons (Fsp3) is 0.333. The van der Waals surface area contributed by atoms with Crippen LogP contribution in [0, 0.1) is 12.7 Å². The first-order valence-electron chi connectivity index (χ1n) is 9.09. The van der Waals surface area contributed by atoms with Gasteiger partial charge in [0.1, 0.15) is 11.6 Å². The van der Waals surface area contributed by atoms with Gasteiger partial charge in [0.2, 0.25) is 10.0 Å². The monoisotopic (exact) mass is 450 g/mol. The number of benzene rings is 1. The van der Waals surface area contributed by atoms with Crippen LogP contribution in [0.1, 0.15) is 34.8 Å². The number of aryl methyl sites for hydroxylation is 1. The smallest absolute Gasteiger partial charge is 0.254 e. The van der Waals surface area contributed by atoms with Crippen LogP contribution in [0.2, 0.25) is 0 Å². The second-order valence-corrected chi connectivity index (χ2v) is 9.52. The molecule has 1 atom stereocenters. The Kier molecular flexibility index (Phi) is 5.06. The minimum absolute atomic E-state index is 0.157. The number of hydrogen-bond donors (Lipinski definition) is 1. The molecule has 0 aliphatic carbocycles. The summed E-state index contributed by atoms with van der Waals surface area (Å²) in [7, 11) is -3.60. The van der Waals surface area contributed by atoms with E-state index in [1.54, 1.807) is 18.7 Å². The zero-order valence-electron chi connectivity index (χ0n) is 16.5. The van der Waals surface area contributed by atoms with Crippen LogP contribution in [0.3, 0.4) is 0 Å². The lowest BCUT2D eigenvalue weighted by Crippen LogP contribution is -2.41. The molecule has 9 nitrogen and oxygen atoms in total. The lowest BCUT2D eigenvalue weighted by atomic mass is 10.1. The Morgan fingerprint density at radius 3 is 2.53 bits per heavy atom. The van der Waals surface area contributed by atoms with Crippen molar-refractivity contribution in [3.8, 4) is 10.8 Å². The number of anilines is 1. The van der Waals surface area contributed by atoms with Gasteiger partial charge in [0.15, 0.2) is 16.6 Å². The third-order valence-corrected chi connectivity index (χ3v) is 6.15. The van der Waals surface area contributed by atoms with E-state index in [1.165, 1.54) is 35.8 Å². The van der Waals surface area contributed by atoms with Gasteiger partial charge in [-0.15, -0.1) is 0 Å². The average molecular weight is 451 g/mol. The number of nitrogens with zero attached hydrogens (tertiary/aromatic N) is 5. The van der Waals surface area contributed by atoms with E-state index in [-0.39, 0.29) is 11.7 Å². The Bertz CT molecular complexity index is 1220. The van der Waals surface area contributed by atoms with E-state index in [4.69, 9.17) is 0 Å². The largest absolute Gasteiger partial charge is 0.328 e. The molecule has 1 unspecified atom stereocenters. The summed E-state index contributed by atoms with van der Waals surface area (Å²) < 4.78 is 45.5. The molecule has 1 N–H and O–H groups in total. The van der Waals surface area contributed by atoms with E-state index >= 15 is 0 Å². The Morgan fingerprint density at radius 2 is 1.93 bits per heavy atom. The Balaban J connectivity index is 1.77. The van der Waals surface area contributed by atoms with Crippen LogP contribution in [-0.4, -0.2) is 50.9 Å². The summed E-state index contributed by atoms with van der Waals surface area (Å²) in [6, 6.07) is 4.86. The molecule has 30 heavy (non-hydrogen) atoms. The lowest BCUT2D eigenvalue weighted by Gasteiger charge is -2.35. The van der Waals surface area contributed by atoms with Gasteiger partial charge in [0, 0.05) is 18.7 Å². The summed E-state index contributed by atoms with van der Waals surface area (Å²) in [6.07, 6.45) is 1.04. The maximum atomic E-state index is 13.2. The quantitative estimate of drug-likeness (QED) is 0.654. The van der Waals surface area contributed by atoms with Crippen molar-refractivity contribution in [1.82, 2.24) is 23.8 Å². The highest BCUT2D eigenvalue weighted by Gasteiger charge is 2.35. The molecule has 3 heterocycles. The SMILES string of the molecule is Cc1nsc(-c2nc(NS(C)(=O)=O)c3n2CCN(C(=O)c2ccc(F)cc2)C3C)n1. The zero-order valence-corrected chi connectivity index (χ0v) is 18.1. The summed E-state index contributed by atoms with van der Waals surface area (Å²) in [4.78, 5) is 23.5. The van der Waals surface area contributed by atoms with Crippen LogP contribution in [0.25, 0.3) is 10.8 Å². The van der Waals surface area contributed by atoms with Crippen LogP contribution >= 0.6 is 11.5 Å². The normalized spacial score (nSPS) is 16.4. The zero-order chi connectivity index (χ0) is 21.6. The Hall–Kier alpha value is -2.86. The first-order valence-corrected chi connectivity index (χ1v) is 11.8. The molecule has 0 spiro atoms. The molecule has 1 aliphatic heterocycles. The minimum atomic E-state index is -3.60. The van der Waals surface area contributed by atoms with Gasteiger partial charge < -0.3 is 9.47 Å². The van der Waals surface area contributed by atoms with Gasteiger partial charge in [0.05, 0.1) is 18.0 Å². The number of aromatic nitrogens is 4. The fourth-order valence-corrected chi connectivity index (χ4v) is 4.67. The molecule has 0 saturated carbocycles. The molecule has 12 heteroatoms. The van der Waals surface area contributed by atoms with Crippen LogP contribution in [0.4, 0.5) is 10.2 Å². The van der Waals surface area contributed by atoms with E-state index in [2.05, 4.69) is 19.1 Å². The van der Waals surface area contributed by atoms with E-state index in [9.17, 15) is 17.6 Å². The van der Waals surface area contributed by atoms with Gasteiger partial charge in [-0.2, -0.15) is 4.37 Å². The summed E-state index contributed by atoms with van der Waals surface area (Å²) in [5.74, 6) is 0.565. The molecule has 0 fully saturated rings. The average Bonchev–Trinajstić information content (AvgIpc) is 3.25. The van der Waals surface area contributed by atoms with Gasteiger partial charge in [-0.25, -0.2) is 22.8 Å². The number of carbonyl (C=O) groups is 1. The highest BCUT2D eigenvalue weighted by Crippen LogP contribution is 2.37. The third-order valence-electron chi connectivity index (χ3n) is 4.79. The van der Waals surface area contributed by atoms with Gasteiger partial charge >= 0.3 is 0 Å². The Labute approximate surface area is 176 Å². The summed E-state index contributed by atoms with van der Waals surface area (Å²) in [6.45, 7) is 4.35. The highest BCUT2D eigenvalue weighted by atomic mass is 32.2. The molecule has 1 aliphatic rings. The number of imidazole rings is 1. The number of amides is 1. The second-order valence-electron chi connectivity index (χ2n) is 7.02. The van der Waals surface area contributed by atoms with Crippen molar-refractivity contribution < 1.29 is 17.6 Å². The number of halogens is 1. The molecule has 3 aromatic rings. The van der Waals surface area contributed by atoms with Crippen molar-refractivity contribution >= 4 is 33.3 Å². The van der Waals surface area contributed by atoms with E-state index in [1.807, 2.05) is 4.57 Å². The minimum Gasteiger partial charge on any atom is -0.328 e. The van der Waals surface area contributed by atoms with Crippen molar-refractivity contribution in [1.29, 1.82) is 0 Å². The molecule has 4 rings (SSSR count). The molecule has 0 bridgehead atoms.